The summed E-state index contributed by atoms with van der Waals surface area (Å²) in [6, 6.07) is -0.0979. The maximum atomic E-state index is 11.7. The van der Waals surface area contributed by atoms with E-state index < -0.39 is 0 Å². The highest BCUT2D eigenvalue weighted by Gasteiger charge is 2.21. The summed E-state index contributed by atoms with van der Waals surface area (Å²) in [6.45, 7) is 8.44. The third kappa shape index (κ3) is 2.69. The Labute approximate surface area is 107 Å². The lowest BCUT2D eigenvalue weighted by molar-refractivity contribution is -0.124. The second-order valence-corrected chi connectivity index (χ2v) is 5.01. The number of carbonyl (C=O) groups is 1. The van der Waals surface area contributed by atoms with E-state index >= 15 is 0 Å². The monoisotopic (exact) mass is 251 g/mol. The van der Waals surface area contributed by atoms with Crippen molar-refractivity contribution in [3.63, 3.8) is 0 Å². The largest absolute Gasteiger partial charge is 0.346 e. The fourth-order valence-electron chi connectivity index (χ4n) is 2.06. The first-order valence-corrected chi connectivity index (χ1v) is 6.52. The van der Waals surface area contributed by atoms with Gasteiger partial charge in [-0.05, 0) is 6.92 Å². The number of aromatic nitrogens is 3. The Morgan fingerprint density at radius 3 is 2.83 bits per heavy atom. The third-order valence-electron chi connectivity index (χ3n) is 3.16. The summed E-state index contributed by atoms with van der Waals surface area (Å²) in [5.41, 5.74) is 0. The Morgan fingerprint density at radius 2 is 2.11 bits per heavy atom. The predicted molar refractivity (Wildman–Crippen MR) is 68.0 cm³/mol. The number of fused-ring (bicyclic) bond motifs is 1. The molecule has 6 nitrogen and oxygen atoms in total. The lowest BCUT2D eigenvalue weighted by atomic mass is 10.2. The molecule has 0 bridgehead atoms. The summed E-state index contributed by atoms with van der Waals surface area (Å²) in [6.07, 6.45) is 0.887. The van der Waals surface area contributed by atoms with E-state index in [1.165, 1.54) is 0 Å². The lowest BCUT2D eigenvalue weighted by Gasteiger charge is -2.16. The van der Waals surface area contributed by atoms with Crippen molar-refractivity contribution in [1.82, 2.24) is 25.4 Å². The summed E-state index contributed by atoms with van der Waals surface area (Å²) in [5, 5.41) is 14.7. The van der Waals surface area contributed by atoms with Crippen LogP contribution in [0.4, 0.5) is 0 Å². The Kier molecular flexibility index (Phi) is 3.96. The maximum Gasteiger partial charge on any atom is 0.223 e. The number of nitrogens with zero attached hydrogens (tertiary/aromatic N) is 3. The van der Waals surface area contributed by atoms with Crippen molar-refractivity contribution >= 4 is 5.91 Å². The first-order chi connectivity index (χ1) is 8.59. The number of nitrogens with one attached hydrogen (secondary N) is 2. The standard InChI is InChI=1S/C12H21N5O/c1-8(2)12(18)14-9(3)11-16-15-10-4-5-13-6-7-17(10)11/h8-9,13H,4-7H2,1-3H3,(H,14,18)/t9-/m0/s1. The summed E-state index contributed by atoms with van der Waals surface area (Å²) in [7, 11) is 0. The minimum Gasteiger partial charge on any atom is -0.346 e. The highest BCUT2D eigenvalue weighted by molar-refractivity contribution is 5.78. The molecule has 0 saturated carbocycles. The molecule has 0 aromatic carbocycles. The van der Waals surface area contributed by atoms with E-state index in [0.717, 1.165) is 37.7 Å². The van der Waals surface area contributed by atoms with Crippen molar-refractivity contribution in [3.8, 4) is 0 Å². The van der Waals surface area contributed by atoms with Crippen LogP contribution < -0.4 is 10.6 Å². The summed E-state index contributed by atoms with van der Waals surface area (Å²) in [4.78, 5) is 11.7. The molecule has 0 unspecified atom stereocenters. The minimum absolute atomic E-state index is 0.0133. The molecule has 18 heavy (non-hydrogen) atoms. The number of hydrogen-bond donors (Lipinski definition) is 2. The first-order valence-electron chi connectivity index (χ1n) is 6.52. The van der Waals surface area contributed by atoms with Crippen molar-refractivity contribution in [2.24, 2.45) is 5.92 Å². The second-order valence-electron chi connectivity index (χ2n) is 5.01. The van der Waals surface area contributed by atoms with Gasteiger partial charge in [-0.2, -0.15) is 0 Å². The van der Waals surface area contributed by atoms with Crippen LogP contribution in [-0.4, -0.2) is 33.8 Å². The molecule has 0 spiro atoms. The van der Waals surface area contributed by atoms with Crippen LogP contribution in [0.1, 0.15) is 38.5 Å². The van der Waals surface area contributed by atoms with E-state index in [1.807, 2.05) is 20.8 Å². The van der Waals surface area contributed by atoms with E-state index in [2.05, 4.69) is 25.4 Å². The van der Waals surface area contributed by atoms with Crippen molar-refractivity contribution < 1.29 is 4.79 Å². The van der Waals surface area contributed by atoms with Crippen LogP contribution in [0, 0.1) is 5.92 Å². The average Bonchev–Trinajstić information content (AvgIpc) is 2.58. The van der Waals surface area contributed by atoms with E-state index in [9.17, 15) is 4.79 Å². The van der Waals surface area contributed by atoms with E-state index in [0.29, 0.717) is 0 Å². The van der Waals surface area contributed by atoms with Crippen LogP contribution >= 0.6 is 0 Å². The number of carbonyl (C=O) groups excluding carboxylic acids is 1. The van der Waals surface area contributed by atoms with Crippen molar-refractivity contribution in [1.29, 1.82) is 0 Å². The molecule has 0 fully saturated rings. The second kappa shape index (κ2) is 5.48. The molecule has 1 atom stereocenters. The van der Waals surface area contributed by atoms with Gasteiger partial charge < -0.3 is 15.2 Å². The molecule has 2 rings (SSSR count). The summed E-state index contributed by atoms with van der Waals surface area (Å²) < 4.78 is 2.12. The van der Waals surface area contributed by atoms with Crippen molar-refractivity contribution in [2.45, 2.75) is 39.8 Å². The molecular weight excluding hydrogens is 230 g/mol. The molecule has 1 amide bonds. The summed E-state index contributed by atoms with van der Waals surface area (Å²) >= 11 is 0. The zero-order chi connectivity index (χ0) is 13.1. The van der Waals surface area contributed by atoms with Gasteiger partial charge in [0, 0.05) is 32.0 Å². The smallest absolute Gasteiger partial charge is 0.223 e. The maximum absolute atomic E-state index is 11.7. The van der Waals surface area contributed by atoms with Gasteiger partial charge in [0.2, 0.25) is 5.91 Å². The van der Waals surface area contributed by atoms with E-state index in [1.54, 1.807) is 0 Å². The highest BCUT2D eigenvalue weighted by Crippen LogP contribution is 2.14. The van der Waals surface area contributed by atoms with Crippen LogP contribution in [0.3, 0.4) is 0 Å². The Morgan fingerprint density at radius 1 is 1.33 bits per heavy atom. The van der Waals surface area contributed by atoms with Gasteiger partial charge in [0.25, 0.3) is 0 Å². The average molecular weight is 251 g/mol. The van der Waals surface area contributed by atoms with Gasteiger partial charge in [-0.25, -0.2) is 0 Å². The number of hydrogen-bond acceptors (Lipinski definition) is 4. The molecule has 0 aliphatic carbocycles. The quantitative estimate of drug-likeness (QED) is 0.808. The fourth-order valence-corrected chi connectivity index (χ4v) is 2.06. The molecule has 0 saturated heterocycles. The van der Waals surface area contributed by atoms with Crippen molar-refractivity contribution in [2.75, 3.05) is 13.1 Å². The highest BCUT2D eigenvalue weighted by atomic mass is 16.1. The first kappa shape index (κ1) is 13.0. The summed E-state index contributed by atoms with van der Waals surface area (Å²) in [5.74, 6) is 1.88. The van der Waals surface area contributed by atoms with Crippen LogP contribution in [0.5, 0.6) is 0 Å². The molecule has 2 N–H and O–H groups in total. The molecule has 1 aromatic rings. The molecular formula is C12H21N5O. The molecule has 0 radical (unpaired) electrons. The number of amides is 1. The third-order valence-corrected chi connectivity index (χ3v) is 3.16. The van der Waals surface area contributed by atoms with Gasteiger partial charge in [-0.1, -0.05) is 13.8 Å². The van der Waals surface area contributed by atoms with E-state index in [4.69, 9.17) is 0 Å². The molecule has 1 aromatic heterocycles. The Balaban J connectivity index is 2.13. The zero-order valence-corrected chi connectivity index (χ0v) is 11.2. The molecule has 2 heterocycles. The molecule has 100 valence electrons. The van der Waals surface area contributed by atoms with Crippen LogP contribution in [0.15, 0.2) is 0 Å². The van der Waals surface area contributed by atoms with Crippen LogP contribution in [-0.2, 0) is 17.8 Å². The van der Waals surface area contributed by atoms with Crippen LogP contribution in [0.25, 0.3) is 0 Å². The van der Waals surface area contributed by atoms with E-state index in [-0.39, 0.29) is 17.9 Å². The van der Waals surface area contributed by atoms with Gasteiger partial charge in [0.05, 0.1) is 6.04 Å². The lowest BCUT2D eigenvalue weighted by Crippen LogP contribution is -2.32. The number of rotatable bonds is 3. The van der Waals surface area contributed by atoms with Gasteiger partial charge >= 0.3 is 0 Å². The fraction of sp³-hybridized carbons (Fsp3) is 0.750. The van der Waals surface area contributed by atoms with Gasteiger partial charge in [-0.15, -0.1) is 10.2 Å². The molecule has 1 aliphatic heterocycles. The minimum atomic E-state index is -0.0979. The normalized spacial score (nSPS) is 17.1. The topological polar surface area (TPSA) is 71.8 Å². The Bertz CT molecular complexity index is 426. The SMILES string of the molecule is CC(C)C(=O)N[C@@H](C)c1nnc2n1CCNCC2. The molecule has 1 aliphatic rings. The zero-order valence-electron chi connectivity index (χ0n) is 11.2. The van der Waals surface area contributed by atoms with Gasteiger partial charge in [0.15, 0.2) is 5.82 Å². The molecule has 6 heteroatoms. The predicted octanol–water partition coefficient (Wildman–Crippen LogP) is 0.257. The van der Waals surface area contributed by atoms with Gasteiger partial charge in [-0.3, -0.25) is 4.79 Å². The van der Waals surface area contributed by atoms with Gasteiger partial charge in [0.1, 0.15) is 5.82 Å². The van der Waals surface area contributed by atoms with Crippen molar-refractivity contribution in [3.05, 3.63) is 11.6 Å². The Hall–Kier alpha value is -1.43. The van der Waals surface area contributed by atoms with Crippen LogP contribution in [0.2, 0.25) is 0 Å².